The van der Waals surface area contributed by atoms with E-state index in [0.717, 1.165) is 19.3 Å². The number of rotatable bonds is 11. The second kappa shape index (κ2) is 15.1. The van der Waals surface area contributed by atoms with Crippen LogP contribution in [0.25, 0.3) is 0 Å². The lowest BCUT2D eigenvalue weighted by Gasteiger charge is -2.02. The molecular weight excluding hydrogens is 244 g/mol. The van der Waals surface area contributed by atoms with Crippen molar-refractivity contribution in [2.45, 2.75) is 71.1 Å². The highest BCUT2D eigenvalue weighted by Gasteiger charge is 2.07. The molecular formula is C14H30N2O3. The molecule has 19 heavy (non-hydrogen) atoms. The van der Waals surface area contributed by atoms with Gasteiger partial charge in [-0.2, -0.15) is 0 Å². The van der Waals surface area contributed by atoms with Gasteiger partial charge in [0.15, 0.2) is 0 Å². The van der Waals surface area contributed by atoms with E-state index in [0.29, 0.717) is 6.42 Å². The van der Waals surface area contributed by atoms with Crippen LogP contribution in [0.5, 0.6) is 0 Å². The fourth-order valence-electron chi connectivity index (χ4n) is 1.80. The first-order valence-corrected chi connectivity index (χ1v) is 7.14. The van der Waals surface area contributed by atoms with Gasteiger partial charge in [0.25, 0.3) is 0 Å². The molecule has 0 aromatic rings. The summed E-state index contributed by atoms with van der Waals surface area (Å²) in [5.74, 6) is -1.09. The summed E-state index contributed by atoms with van der Waals surface area (Å²) in [4.78, 5) is 21.8. The van der Waals surface area contributed by atoms with Gasteiger partial charge < -0.3 is 16.6 Å². The lowest BCUT2D eigenvalue weighted by molar-refractivity contribution is -0.158. The number of carbonyl (C=O) groups excluding carboxylic acids is 2. The normalized spacial score (nSPS) is 9.79. The molecule has 0 radical (unpaired) electrons. The molecule has 0 fully saturated rings. The van der Waals surface area contributed by atoms with Gasteiger partial charge in [0.1, 0.15) is 0 Å². The predicted molar refractivity (Wildman–Crippen MR) is 77.0 cm³/mol. The molecule has 0 spiro atoms. The molecule has 5 N–H and O–H groups in total. The molecule has 0 aliphatic heterocycles. The SMILES string of the molecule is CCCCCCCCCCCC(=O)OC(=O)CN.N. The summed E-state index contributed by atoms with van der Waals surface area (Å²) in [6.07, 6.45) is 11.1. The molecule has 0 saturated heterocycles. The Kier molecular flexibility index (Phi) is 16.2. The van der Waals surface area contributed by atoms with E-state index in [1.165, 1.54) is 38.5 Å². The van der Waals surface area contributed by atoms with E-state index in [4.69, 9.17) is 5.73 Å². The average Bonchev–Trinajstić information content (AvgIpc) is 2.36. The minimum Gasteiger partial charge on any atom is -0.392 e. The van der Waals surface area contributed by atoms with Crippen molar-refractivity contribution < 1.29 is 14.3 Å². The highest BCUT2D eigenvalue weighted by atomic mass is 16.6. The number of unbranched alkanes of at least 4 members (excludes halogenated alkanes) is 8. The monoisotopic (exact) mass is 274 g/mol. The van der Waals surface area contributed by atoms with Gasteiger partial charge in [-0.3, -0.25) is 9.59 Å². The third-order valence-corrected chi connectivity index (χ3v) is 2.88. The van der Waals surface area contributed by atoms with Crippen LogP contribution in [0, 0.1) is 0 Å². The molecule has 5 heteroatoms. The number of hydrogen-bond donors (Lipinski definition) is 2. The molecule has 0 aromatic carbocycles. The van der Waals surface area contributed by atoms with Crippen LogP contribution >= 0.6 is 0 Å². The zero-order chi connectivity index (χ0) is 13.6. The fraction of sp³-hybridized carbons (Fsp3) is 0.857. The van der Waals surface area contributed by atoms with Crippen molar-refractivity contribution in [2.24, 2.45) is 5.73 Å². The second-order valence-electron chi connectivity index (χ2n) is 4.63. The van der Waals surface area contributed by atoms with Crippen LogP contribution in [0.4, 0.5) is 0 Å². The zero-order valence-corrected chi connectivity index (χ0v) is 12.3. The number of nitrogens with two attached hydrogens (primary N) is 1. The average molecular weight is 274 g/mol. The van der Waals surface area contributed by atoms with E-state index in [1.807, 2.05) is 0 Å². The quantitative estimate of drug-likeness (QED) is 0.342. The van der Waals surface area contributed by atoms with E-state index < -0.39 is 11.9 Å². The van der Waals surface area contributed by atoms with E-state index in [2.05, 4.69) is 11.7 Å². The molecule has 0 aliphatic carbocycles. The topological polar surface area (TPSA) is 104 Å². The molecule has 0 heterocycles. The van der Waals surface area contributed by atoms with Crippen molar-refractivity contribution in [1.82, 2.24) is 6.15 Å². The van der Waals surface area contributed by atoms with Crippen LogP contribution in [0.3, 0.4) is 0 Å². The Morgan fingerprint density at radius 2 is 1.32 bits per heavy atom. The second-order valence-corrected chi connectivity index (χ2v) is 4.63. The van der Waals surface area contributed by atoms with Crippen LogP contribution in [-0.2, 0) is 14.3 Å². The van der Waals surface area contributed by atoms with Gasteiger partial charge in [0.2, 0.25) is 0 Å². The van der Waals surface area contributed by atoms with Crippen LogP contribution in [0.15, 0.2) is 0 Å². The number of carbonyl (C=O) groups is 2. The molecule has 0 amide bonds. The van der Waals surface area contributed by atoms with Crippen molar-refractivity contribution in [2.75, 3.05) is 6.54 Å². The number of esters is 2. The maximum Gasteiger partial charge on any atom is 0.327 e. The summed E-state index contributed by atoms with van der Waals surface area (Å²) in [6.45, 7) is 1.98. The van der Waals surface area contributed by atoms with Gasteiger partial charge in [-0.25, -0.2) is 0 Å². The van der Waals surface area contributed by atoms with E-state index in [1.54, 1.807) is 0 Å². The summed E-state index contributed by atoms with van der Waals surface area (Å²) in [7, 11) is 0. The van der Waals surface area contributed by atoms with Crippen molar-refractivity contribution in [3.63, 3.8) is 0 Å². The maximum absolute atomic E-state index is 11.1. The predicted octanol–water partition coefficient (Wildman–Crippen LogP) is 3.10. The summed E-state index contributed by atoms with van der Waals surface area (Å²) in [6, 6.07) is 0. The van der Waals surface area contributed by atoms with Gasteiger partial charge in [-0.1, -0.05) is 58.3 Å². The summed E-state index contributed by atoms with van der Waals surface area (Å²) >= 11 is 0. The first kappa shape index (κ1) is 20.4. The van der Waals surface area contributed by atoms with Gasteiger partial charge in [0.05, 0.1) is 6.54 Å². The van der Waals surface area contributed by atoms with E-state index in [9.17, 15) is 9.59 Å². The molecule has 0 aromatic heterocycles. The van der Waals surface area contributed by atoms with Crippen LogP contribution < -0.4 is 11.9 Å². The Labute approximate surface area is 116 Å². The molecule has 0 saturated carbocycles. The first-order valence-electron chi connectivity index (χ1n) is 7.14. The molecule has 114 valence electrons. The van der Waals surface area contributed by atoms with Crippen LogP contribution in [-0.4, -0.2) is 18.5 Å². The molecule has 0 atom stereocenters. The molecule has 0 bridgehead atoms. The minimum atomic E-state index is -0.643. The Bertz CT molecular complexity index is 233. The lowest BCUT2D eigenvalue weighted by Crippen LogP contribution is -2.20. The third kappa shape index (κ3) is 15.0. The van der Waals surface area contributed by atoms with Crippen molar-refractivity contribution >= 4 is 11.9 Å². The molecule has 5 nitrogen and oxygen atoms in total. The summed E-state index contributed by atoms with van der Waals surface area (Å²) < 4.78 is 4.47. The van der Waals surface area contributed by atoms with Crippen LogP contribution in [0.2, 0.25) is 0 Å². The van der Waals surface area contributed by atoms with Crippen molar-refractivity contribution in [1.29, 1.82) is 0 Å². The fourth-order valence-corrected chi connectivity index (χ4v) is 1.80. The molecule has 0 aliphatic rings. The van der Waals surface area contributed by atoms with Gasteiger partial charge in [-0.15, -0.1) is 0 Å². The Hall–Kier alpha value is -0.940. The maximum atomic E-state index is 11.1. The van der Waals surface area contributed by atoms with E-state index in [-0.39, 0.29) is 12.7 Å². The zero-order valence-electron chi connectivity index (χ0n) is 12.3. The Morgan fingerprint density at radius 3 is 1.79 bits per heavy atom. The van der Waals surface area contributed by atoms with Crippen molar-refractivity contribution in [3.05, 3.63) is 0 Å². The summed E-state index contributed by atoms with van der Waals surface area (Å²) in [5.41, 5.74) is 5.04. The Balaban J connectivity index is 0. The highest BCUT2D eigenvalue weighted by molar-refractivity contribution is 5.86. The first-order chi connectivity index (χ1) is 8.70. The van der Waals surface area contributed by atoms with Gasteiger partial charge in [-0.05, 0) is 6.42 Å². The highest BCUT2D eigenvalue weighted by Crippen LogP contribution is 2.10. The van der Waals surface area contributed by atoms with Gasteiger partial charge in [0, 0.05) is 6.42 Å². The Morgan fingerprint density at radius 1 is 0.842 bits per heavy atom. The summed E-state index contributed by atoms with van der Waals surface area (Å²) in [5, 5.41) is 0. The van der Waals surface area contributed by atoms with Crippen LogP contribution in [0.1, 0.15) is 71.1 Å². The third-order valence-electron chi connectivity index (χ3n) is 2.88. The molecule has 0 rings (SSSR count). The standard InChI is InChI=1S/C14H27NO3.H3N/c1-2-3-4-5-6-7-8-9-10-11-13(16)18-14(17)12-15;/h2-12,15H2,1H3;1H3. The lowest BCUT2D eigenvalue weighted by atomic mass is 10.1. The van der Waals surface area contributed by atoms with Crippen molar-refractivity contribution in [3.8, 4) is 0 Å². The largest absolute Gasteiger partial charge is 0.392 e. The number of hydrogen-bond acceptors (Lipinski definition) is 5. The smallest absolute Gasteiger partial charge is 0.327 e. The minimum absolute atomic E-state index is 0. The van der Waals surface area contributed by atoms with Gasteiger partial charge >= 0.3 is 11.9 Å². The number of ether oxygens (including phenoxy) is 1. The van der Waals surface area contributed by atoms with E-state index >= 15 is 0 Å². The molecule has 0 unspecified atom stereocenters.